The van der Waals surface area contributed by atoms with Crippen molar-refractivity contribution in [2.45, 2.75) is 13.5 Å². The Labute approximate surface area is 162 Å². The topological polar surface area (TPSA) is 71.1 Å². The Bertz CT molecular complexity index is 957. The van der Waals surface area contributed by atoms with Gasteiger partial charge >= 0.3 is 0 Å². The summed E-state index contributed by atoms with van der Waals surface area (Å²) in [6.07, 6.45) is 3.36. The van der Waals surface area contributed by atoms with Gasteiger partial charge in [-0.1, -0.05) is 11.6 Å². The Morgan fingerprint density at radius 1 is 0.926 bits per heavy atom. The highest BCUT2D eigenvalue weighted by atomic mass is 35.5. The van der Waals surface area contributed by atoms with Gasteiger partial charge in [-0.15, -0.1) is 0 Å². The third-order valence-corrected chi connectivity index (χ3v) is 4.28. The molecule has 136 valence electrons. The summed E-state index contributed by atoms with van der Waals surface area (Å²) in [5.41, 5.74) is 3.50. The number of aromatic nitrogens is 1. The van der Waals surface area contributed by atoms with Crippen molar-refractivity contribution in [1.29, 1.82) is 0 Å². The molecule has 0 unspecified atom stereocenters. The van der Waals surface area contributed by atoms with Crippen molar-refractivity contribution in [1.82, 2.24) is 10.3 Å². The zero-order valence-electron chi connectivity index (χ0n) is 14.7. The number of nitrogens with zero attached hydrogens (tertiary/aromatic N) is 1. The van der Waals surface area contributed by atoms with Gasteiger partial charge in [0.05, 0.1) is 0 Å². The van der Waals surface area contributed by atoms with Gasteiger partial charge in [0.15, 0.2) is 0 Å². The highest BCUT2D eigenvalue weighted by molar-refractivity contribution is 6.30. The van der Waals surface area contributed by atoms with Crippen molar-refractivity contribution in [2.75, 3.05) is 5.32 Å². The zero-order valence-corrected chi connectivity index (χ0v) is 15.5. The molecule has 0 fully saturated rings. The van der Waals surface area contributed by atoms with E-state index in [1.807, 2.05) is 19.1 Å². The van der Waals surface area contributed by atoms with Gasteiger partial charge in [-0.05, 0) is 72.6 Å². The molecule has 0 spiro atoms. The van der Waals surface area contributed by atoms with Crippen molar-refractivity contribution < 1.29 is 9.59 Å². The quantitative estimate of drug-likeness (QED) is 0.697. The number of halogens is 1. The second-order valence-electron chi connectivity index (χ2n) is 6.03. The normalized spacial score (nSPS) is 10.3. The number of carbonyl (C=O) groups is 2. The fourth-order valence-electron chi connectivity index (χ4n) is 2.52. The fourth-order valence-corrected chi connectivity index (χ4v) is 2.75. The van der Waals surface area contributed by atoms with E-state index in [1.165, 1.54) is 0 Å². The summed E-state index contributed by atoms with van der Waals surface area (Å²) in [4.78, 5) is 28.6. The van der Waals surface area contributed by atoms with Crippen LogP contribution in [0.4, 0.5) is 5.69 Å². The van der Waals surface area contributed by atoms with Crippen LogP contribution in [0, 0.1) is 6.92 Å². The van der Waals surface area contributed by atoms with E-state index in [2.05, 4.69) is 15.6 Å². The van der Waals surface area contributed by atoms with Crippen LogP contribution in [0.3, 0.4) is 0 Å². The maximum atomic E-state index is 12.4. The van der Waals surface area contributed by atoms with Gasteiger partial charge < -0.3 is 10.6 Å². The minimum absolute atomic E-state index is 0.202. The molecular formula is C21H18ClN3O2. The minimum Gasteiger partial charge on any atom is -0.348 e. The fraction of sp³-hybridized carbons (Fsp3) is 0.0952. The number of anilines is 1. The summed E-state index contributed by atoms with van der Waals surface area (Å²) >= 11 is 5.93. The van der Waals surface area contributed by atoms with Gasteiger partial charge in [0.25, 0.3) is 11.8 Å². The lowest BCUT2D eigenvalue weighted by atomic mass is 10.1. The van der Waals surface area contributed by atoms with Crippen molar-refractivity contribution in [3.8, 4) is 0 Å². The predicted molar refractivity (Wildman–Crippen MR) is 106 cm³/mol. The molecule has 0 saturated heterocycles. The molecule has 6 heteroatoms. The molecule has 0 bridgehead atoms. The van der Waals surface area contributed by atoms with E-state index in [-0.39, 0.29) is 11.8 Å². The molecule has 27 heavy (non-hydrogen) atoms. The van der Waals surface area contributed by atoms with Crippen LogP contribution in [0.25, 0.3) is 0 Å². The van der Waals surface area contributed by atoms with Crippen LogP contribution in [0.15, 0.2) is 67.0 Å². The smallest absolute Gasteiger partial charge is 0.255 e. The van der Waals surface area contributed by atoms with Crippen LogP contribution >= 0.6 is 11.6 Å². The first-order valence-electron chi connectivity index (χ1n) is 8.37. The Morgan fingerprint density at radius 3 is 2.19 bits per heavy atom. The average molecular weight is 380 g/mol. The number of rotatable bonds is 5. The van der Waals surface area contributed by atoms with Crippen molar-refractivity contribution in [3.05, 3.63) is 94.3 Å². The van der Waals surface area contributed by atoms with Gasteiger partial charge in [-0.3, -0.25) is 14.6 Å². The summed E-state index contributed by atoms with van der Waals surface area (Å²) in [6, 6.07) is 15.5. The largest absolute Gasteiger partial charge is 0.348 e. The number of nitrogens with one attached hydrogen (secondary N) is 2. The SMILES string of the molecule is Cc1cc(Cl)ccc1NC(=O)c1ccc(C(=O)NCc2ccncc2)cc1. The first kappa shape index (κ1) is 18.6. The number of pyridine rings is 1. The molecule has 0 aliphatic rings. The Hall–Kier alpha value is -3.18. The van der Waals surface area contributed by atoms with Gasteiger partial charge in [-0.2, -0.15) is 0 Å². The molecule has 1 aromatic heterocycles. The molecule has 0 aliphatic heterocycles. The minimum atomic E-state index is -0.246. The Balaban J connectivity index is 1.62. The molecule has 0 atom stereocenters. The second-order valence-corrected chi connectivity index (χ2v) is 6.47. The van der Waals surface area contributed by atoms with Crippen LogP contribution in [0.1, 0.15) is 31.8 Å². The van der Waals surface area contributed by atoms with Gasteiger partial charge in [-0.25, -0.2) is 0 Å². The number of amides is 2. The maximum Gasteiger partial charge on any atom is 0.255 e. The number of hydrogen-bond acceptors (Lipinski definition) is 3. The lowest BCUT2D eigenvalue weighted by Gasteiger charge is -2.09. The molecule has 3 aromatic rings. The van der Waals surface area contributed by atoms with E-state index in [9.17, 15) is 9.59 Å². The van der Waals surface area contributed by atoms with Crippen LogP contribution < -0.4 is 10.6 Å². The molecule has 0 saturated carbocycles. The third kappa shape index (κ3) is 4.92. The second kappa shape index (κ2) is 8.47. The van der Waals surface area contributed by atoms with E-state index < -0.39 is 0 Å². The van der Waals surface area contributed by atoms with Crippen LogP contribution in [0.5, 0.6) is 0 Å². The molecule has 2 amide bonds. The molecule has 3 rings (SSSR count). The van der Waals surface area contributed by atoms with E-state index in [0.717, 1.165) is 11.1 Å². The van der Waals surface area contributed by atoms with Gasteiger partial charge in [0.2, 0.25) is 0 Å². The molecule has 2 N–H and O–H groups in total. The van der Waals surface area contributed by atoms with Crippen LogP contribution in [-0.4, -0.2) is 16.8 Å². The maximum absolute atomic E-state index is 12.4. The molecule has 0 aliphatic carbocycles. The highest BCUT2D eigenvalue weighted by Gasteiger charge is 2.10. The first-order chi connectivity index (χ1) is 13.0. The van der Waals surface area contributed by atoms with E-state index in [4.69, 9.17) is 11.6 Å². The summed E-state index contributed by atoms with van der Waals surface area (Å²) in [5.74, 6) is -0.448. The third-order valence-electron chi connectivity index (χ3n) is 4.05. The molecular weight excluding hydrogens is 362 g/mol. The molecule has 2 aromatic carbocycles. The van der Waals surface area contributed by atoms with Crippen molar-refractivity contribution >= 4 is 29.1 Å². The van der Waals surface area contributed by atoms with Crippen molar-refractivity contribution in [3.63, 3.8) is 0 Å². The summed E-state index contributed by atoms with van der Waals surface area (Å²) < 4.78 is 0. The number of hydrogen-bond donors (Lipinski definition) is 2. The van der Waals surface area contributed by atoms with Gasteiger partial charge in [0, 0.05) is 40.8 Å². The molecule has 0 radical (unpaired) electrons. The van der Waals surface area contributed by atoms with Crippen molar-refractivity contribution in [2.24, 2.45) is 0 Å². The number of aryl methyl sites for hydroxylation is 1. The zero-order chi connectivity index (χ0) is 19.2. The van der Waals surface area contributed by atoms with Crippen LogP contribution in [-0.2, 0) is 6.54 Å². The molecule has 5 nitrogen and oxygen atoms in total. The Kier molecular flexibility index (Phi) is 5.84. The monoisotopic (exact) mass is 379 g/mol. The van der Waals surface area contributed by atoms with E-state index in [0.29, 0.717) is 28.4 Å². The average Bonchev–Trinajstić information content (AvgIpc) is 2.69. The molecule has 1 heterocycles. The first-order valence-corrected chi connectivity index (χ1v) is 8.75. The summed E-state index contributed by atoms with van der Waals surface area (Å²) in [6.45, 7) is 2.29. The predicted octanol–water partition coefficient (Wildman–Crippen LogP) is 4.23. The summed E-state index contributed by atoms with van der Waals surface area (Å²) in [7, 11) is 0. The highest BCUT2D eigenvalue weighted by Crippen LogP contribution is 2.20. The number of benzene rings is 2. The van der Waals surface area contributed by atoms with Gasteiger partial charge in [0.1, 0.15) is 0 Å². The number of carbonyl (C=O) groups excluding carboxylic acids is 2. The lowest BCUT2D eigenvalue weighted by Crippen LogP contribution is -2.23. The lowest BCUT2D eigenvalue weighted by molar-refractivity contribution is 0.0949. The Morgan fingerprint density at radius 2 is 1.56 bits per heavy atom. The van der Waals surface area contributed by atoms with Crippen LogP contribution in [0.2, 0.25) is 5.02 Å². The van der Waals surface area contributed by atoms with E-state index in [1.54, 1.807) is 54.9 Å². The van der Waals surface area contributed by atoms with E-state index >= 15 is 0 Å². The summed E-state index contributed by atoms with van der Waals surface area (Å²) in [5, 5.41) is 6.30. The standard InChI is InChI=1S/C21H18ClN3O2/c1-14-12-18(22)6-7-19(14)25-21(27)17-4-2-16(3-5-17)20(26)24-13-15-8-10-23-11-9-15/h2-12H,13H2,1H3,(H,24,26)(H,25,27).